The summed E-state index contributed by atoms with van der Waals surface area (Å²) in [7, 11) is 3.27. The van der Waals surface area contributed by atoms with Gasteiger partial charge in [0.15, 0.2) is 0 Å². The van der Waals surface area contributed by atoms with Crippen LogP contribution in [0.1, 0.15) is 36.5 Å². The second-order valence-corrected chi connectivity index (χ2v) is 6.26. The van der Waals surface area contributed by atoms with Gasteiger partial charge in [-0.2, -0.15) is 5.10 Å². The van der Waals surface area contributed by atoms with Gasteiger partial charge in [0.2, 0.25) is 0 Å². The van der Waals surface area contributed by atoms with E-state index in [0.29, 0.717) is 23.9 Å². The normalized spacial score (nSPS) is 11.3. The minimum atomic E-state index is 0.292. The lowest BCUT2D eigenvalue weighted by Gasteiger charge is -2.19. The van der Waals surface area contributed by atoms with Crippen molar-refractivity contribution in [1.82, 2.24) is 5.01 Å². The van der Waals surface area contributed by atoms with Crippen molar-refractivity contribution < 1.29 is 9.47 Å². The molecule has 5 nitrogen and oxygen atoms in total. The van der Waals surface area contributed by atoms with E-state index in [1.165, 1.54) is 0 Å². The maximum Gasteiger partial charge on any atom is 0.131 e. The molecule has 0 bridgehead atoms. The summed E-state index contributed by atoms with van der Waals surface area (Å²) >= 11 is 0. The molecule has 0 spiro atoms. The molecule has 2 N–H and O–H groups in total. The molecule has 0 amide bonds. The smallest absolute Gasteiger partial charge is 0.131 e. The molecular weight excluding hydrogens is 326 g/mol. The van der Waals surface area contributed by atoms with E-state index >= 15 is 0 Å². The Hall–Kier alpha value is -2.95. The van der Waals surface area contributed by atoms with Crippen LogP contribution in [0.5, 0.6) is 11.5 Å². The Morgan fingerprint density at radius 1 is 1.15 bits per heavy atom. The lowest BCUT2D eigenvalue weighted by atomic mass is 9.97. The second kappa shape index (κ2) is 8.94. The number of ether oxygens (including phenoxy) is 2. The zero-order valence-corrected chi connectivity index (χ0v) is 15.9. The van der Waals surface area contributed by atoms with E-state index in [4.69, 9.17) is 15.2 Å². The molecule has 0 aromatic heterocycles. The summed E-state index contributed by atoms with van der Waals surface area (Å²) in [5.41, 5.74) is 9.92. The van der Waals surface area contributed by atoms with Crippen molar-refractivity contribution in [3.05, 3.63) is 65.4 Å². The lowest BCUT2D eigenvalue weighted by molar-refractivity contribution is 0.387. The molecule has 2 aromatic rings. The molecule has 0 fully saturated rings. The van der Waals surface area contributed by atoms with Crippen molar-refractivity contribution in [2.24, 2.45) is 10.8 Å². The van der Waals surface area contributed by atoms with Crippen molar-refractivity contribution >= 4 is 12.4 Å². The molecule has 2 aromatic carbocycles. The molecule has 0 heterocycles. The van der Waals surface area contributed by atoms with Crippen LogP contribution in [0.15, 0.2) is 53.8 Å². The minimum absolute atomic E-state index is 0.292. The van der Waals surface area contributed by atoms with E-state index in [-0.39, 0.29) is 0 Å². The van der Waals surface area contributed by atoms with Crippen LogP contribution >= 0.6 is 0 Å². The van der Waals surface area contributed by atoms with Gasteiger partial charge in [0.1, 0.15) is 11.5 Å². The van der Waals surface area contributed by atoms with Gasteiger partial charge in [-0.1, -0.05) is 44.2 Å². The predicted molar refractivity (Wildman–Crippen MR) is 107 cm³/mol. The molecule has 0 aliphatic rings. The van der Waals surface area contributed by atoms with Crippen LogP contribution in [0.2, 0.25) is 0 Å². The Bertz CT molecular complexity index is 770. The predicted octanol–water partition coefficient (Wildman–Crippen LogP) is 4.20. The van der Waals surface area contributed by atoms with E-state index < -0.39 is 0 Å². The Kier molecular flexibility index (Phi) is 6.67. The van der Waals surface area contributed by atoms with E-state index in [1.807, 2.05) is 42.5 Å². The van der Waals surface area contributed by atoms with Crippen molar-refractivity contribution in [2.45, 2.75) is 26.3 Å². The fraction of sp³-hybridized carbons (Fsp3) is 0.286. The number of nitrogens with zero attached hydrogens (tertiary/aromatic N) is 2. The second-order valence-electron chi connectivity index (χ2n) is 6.26. The molecule has 5 heteroatoms. The van der Waals surface area contributed by atoms with Gasteiger partial charge >= 0.3 is 0 Å². The van der Waals surface area contributed by atoms with Crippen LogP contribution in [0.4, 0.5) is 0 Å². The first kappa shape index (κ1) is 19.4. The van der Waals surface area contributed by atoms with Gasteiger partial charge in [0.05, 0.1) is 26.5 Å². The third kappa shape index (κ3) is 4.57. The average Bonchev–Trinajstić information content (AvgIpc) is 2.66. The summed E-state index contributed by atoms with van der Waals surface area (Å²) in [6, 6.07) is 13.9. The van der Waals surface area contributed by atoms with Gasteiger partial charge in [-0.05, 0) is 23.1 Å². The van der Waals surface area contributed by atoms with Crippen LogP contribution in [0.3, 0.4) is 0 Å². The molecule has 2 rings (SSSR count). The van der Waals surface area contributed by atoms with Gasteiger partial charge in [-0.3, -0.25) is 5.01 Å². The molecule has 0 atom stereocenters. The molecular formula is C21H27N3O2. The third-order valence-electron chi connectivity index (χ3n) is 4.14. The highest BCUT2D eigenvalue weighted by Gasteiger charge is 2.16. The number of rotatable bonds is 8. The van der Waals surface area contributed by atoms with Gasteiger partial charge < -0.3 is 15.2 Å². The average molecular weight is 353 g/mol. The molecule has 0 aliphatic heterocycles. The van der Waals surface area contributed by atoms with Gasteiger partial charge in [0.25, 0.3) is 0 Å². The maximum atomic E-state index is 6.37. The van der Waals surface area contributed by atoms with Crippen LogP contribution < -0.4 is 15.2 Å². The van der Waals surface area contributed by atoms with Crippen LogP contribution in [-0.4, -0.2) is 25.9 Å². The number of hydrazone groups is 1. The number of methoxy groups -OCH3 is 2. The van der Waals surface area contributed by atoms with E-state index in [1.54, 1.807) is 25.4 Å². The summed E-state index contributed by atoms with van der Waals surface area (Å²) in [5, 5.41) is 5.77. The molecule has 0 saturated carbocycles. The third-order valence-corrected chi connectivity index (χ3v) is 4.14. The molecule has 0 saturated heterocycles. The topological polar surface area (TPSA) is 60.1 Å². The Labute approximate surface area is 155 Å². The Morgan fingerprint density at radius 2 is 1.81 bits per heavy atom. The summed E-state index contributed by atoms with van der Waals surface area (Å²) < 4.78 is 11.0. The van der Waals surface area contributed by atoms with Gasteiger partial charge in [0, 0.05) is 24.5 Å². The maximum absolute atomic E-state index is 6.37. The summed E-state index contributed by atoms with van der Waals surface area (Å²) in [5.74, 6) is 1.74. The number of hydrogen-bond donors (Lipinski definition) is 1. The van der Waals surface area contributed by atoms with E-state index in [9.17, 15) is 0 Å². The highest BCUT2D eigenvalue weighted by atomic mass is 16.5. The lowest BCUT2D eigenvalue weighted by Crippen LogP contribution is -2.13. The number of nitrogens with two attached hydrogens (primary N) is 1. The summed E-state index contributed by atoms with van der Waals surface area (Å²) in [6.45, 7) is 8.45. The quantitative estimate of drug-likeness (QED) is 0.571. The Balaban J connectivity index is 2.39. The highest BCUT2D eigenvalue weighted by molar-refractivity contribution is 5.70. The Morgan fingerprint density at radius 3 is 2.35 bits per heavy atom. The summed E-state index contributed by atoms with van der Waals surface area (Å²) in [4.78, 5) is 0. The SMILES string of the molecule is C=NN(/C=C(\N)c1cc(C(C)C)c(OC)cc1OC)Cc1ccccc1. The number of hydrogen-bond acceptors (Lipinski definition) is 5. The van der Waals surface area contributed by atoms with Crippen LogP contribution in [-0.2, 0) is 6.54 Å². The van der Waals surface area contributed by atoms with Gasteiger partial charge in [-0.15, -0.1) is 0 Å². The highest BCUT2D eigenvalue weighted by Crippen LogP contribution is 2.35. The minimum Gasteiger partial charge on any atom is -0.496 e. The fourth-order valence-corrected chi connectivity index (χ4v) is 2.74. The standard InChI is InChI=1S/C21H27N3O2/c1-15(2)17-11-18(21(26-5)12-20(17)25-4)19(22)14-24(23-3)13-16-9-7-6-8-10-16/h6-12,14-15H,3,13,22H2,1-2,4-5H3/b19-14-. The largest absolute Gasteiger partial charge is 0.496 e. The van der Waals surface area contributed by atoms with Crippen LogP contribution in [0, 0.1) is 0 Å². The molecule has 0 radical (unpaired) electrons. The van der Waals surface area contributed by atoms with Crippen molar-refractivity contribution in [2.75, 3.05) is 14.2 Å². The zero-order valence-electron chi connectivity index (χ0n) is 15.9. The fourth-order valence-electron chi connectivity index (χ4n) is 2.74. The molecule has 0 unspecified atom stereocenters. The van der Waals surface area contributed by atoms with Gasteiger partial charge in [-0.25, -0.2) is 0 Å². The number of benzene rings is 2. The van der Waals surface area contributed by atoms with E-state index in [2.05, 4.69) is 25.7 Å². The first-order chi connectivity index (χ1) is 12.5. The monoisotopic (exact) mass is 353 g/mol. The van der Waals surface area contributed by atoms with E-state index in [0.717, 1.165) is 22.4 Å². The first-order valence-electron chi connectivity index (χ1n) is 8.51. The first-order valence-corrected chi connectivity index (χ1v) is 8.51. The zero-order chi connectivity index (χ0) is 19.1. The van der Waals surface area contributed by atoms with Crippen LogP contribution in [0.25, 0.3) is 5.70 Å². The molecule has 138 valence electrons. The molecule has 26 heavy (non-hydrogen) atoms. The van der Waals surface area contributed by atoms with Crippen molar-refractivity contribution in [3.8, 4) is 11.5 Å². The summed E-state index contributed by atoms with van der Waals surface area (Å²) in [6.07, 6.45) is 1.77. The van der Waals surface area contributed by atoms with Crippen molar-refractivity contribution in [1.29, 1.82) is 0 Å². The molecule has 0 aliphatic carbocycles. The van der Waals surface area contributed by atoms with Crippen molar-refractivity contribution in [3.63, 3.8) is 0 Å².